The molecule has 0 N–H and O–H groups in total. The molecule has 158 valence electrons. The van der Waals surface area contributed by atoms with Crippen molar-refractivity contribution in [2.75, 3.05) is 13.2 Å². The lowest BCUT2D eigenvalue weighted by atomic mass is 10.0. The van der Waals surface area contributed by atoms with Crippen LogP contribution < -0.4 is 4.74 Å². The number of hydrogen-bond donors (Lipinski definition) is 0. The maximum atomic E-state index is 13.2. The molecule has 0 saturated carbocycles. The maximum Gasteiger partial charge on any atom is 0.187 e. The summed E-state index contributed by atoms with van der Waals surface area (Å²) >= 11 is 0. The Balaban J connectivity index is 1.41. The summed E-state index contributed by atoms with van der Waals surface area (Å²) in [6.45, 7) is 5.53. The van der Waals surface area contributed by atoms with Crippen LogP contribution in [-0.2, 0) is 22.4 Å². The fraction of sp³-hybridized carbons (Fsp3) is 0.375. The fourth-order valence-corrected chi connectivity index (χ4v) is 3.78. The molecule has 3 aromatic rings. The Labute approximate surface area is 176 Å². The Morgan fingerprint density at radius 1 is 1.20 bits per heavy atom. The van der Waals surface area contributed by atoms with Crippen molar-refractivity contribution in [3.8, 4) is 5.75 Å². The predicted octanol–water partition coefficient (Wildman–Crippen LogP) is 4.46. The number of rotatable bonds is 8. The lowest BCUT2D eigenvalue weighted by Gasteiger charge is -2.28. The van der Waals surface area contributed by atoms with E-state index in [0.29, 0.717) is 26.2 Å². The van der Waals surface area contributed by atoms with Gasteiger partial charge in [0.2, 0.25) is 0 Å². The smallest absolute Gasteiger partial charge is 0.187 e. The van der Waals surface area contributed by atoms with Gasteiger partial charge >= 0.3 is 0 Å². The molecular weight excluding hydrogens is 383 g/mol. The lowest BCUT2D eigenvalue weighted by Crippen LogP contribution is -2.37. The molecule has 1 saturated heterocycles. The Kier molecular flexibility index (Phi) is 6.16. The highest BCUT2D eigenvalue weighted by Crippen LogP contribution is 2.31. The average Bonchev–Trinajstić information content (AvgIpc) is 3.38. The quantitative estimate of drug-likeness (QED) is 0.550. The van der Waals surface area contributed by atoms with Crippen molar-refractivity contribution in [1.29, 1.82) is 0 Å². The van der Waals surface area contributed by atoms with E-state index in [9.17, 15) is 4.39 Å². The van der Waals surface area contributed by atoms with E-state index < -0.39 is 5.79 Å². The van der Waals surface area contributed by atoms with E-state index in [1.165, 1.54) is 17.7 Å². The largest absolute Gasteiger partial charge is 0.491 e. The highest BCUT2D eigenvalue weighted by Gasteiger charge is 2.42. The molecule has 0 aliphatic carbocycles. The van der Waals surface area contributed by atoms with Gasteiger partial charge in [-0.15, -0.1) is 0 Å². The van der Waals surface area contributed by atoms with Gasteiger partial charge in [0.15, 0.2) is 5.79 Å². The van der Waals surface area contributed by atoms with Gasteiger partial charge in [0.05, 0.1) is 19.5 Å². The minimum absolute atomic E-state index is 0.164. The van der Waals surface area contributed by atoms with Gasteiger partial charge in [0.25, 0.3) is 0 Å². The number of halogens is 1. The van der Waals surface area contributed by atoms with E-state index in [1.54, 1.807) is 24.7 Å². The SMILES string of the molecule is Cc1ccc(OCC2COC(CCc3ccc(F)cc3)(Cn3ccnc3)O2)c(C)c1. The van der Waals surface area contributed by atoms with Gasteiger partial charge in [-0.2, -0.15) is 0 Å². The second-order valence-electron chi connectivity index (χ2n) is 7.90. The van der Waals surface area contributed by atoms with Gasteiger partial charge in [0, 0.05) is 18.8 Å². The number of nitrogens with zero attached hydrogens (tertiary/aromatic N) is 2. The Bertz CT molecular complexity index is 959. The Morgan fingerprint density at radius 3 is 2.77 bits per heavy atom. The third-order valence-electron chi connectivity index (χ3n) is 5.36. The van der Waals surface area contributed by atoms with E-state index in [0.717, 1.165) is 23.3 Å². The van der Waals surface area contributed by atoms with Crippen LogP contribution >= 0.6 is 0 Å². The summed E-state index contributed by atoms with van der Waals surface area (Å²) in [6, 6.07) is 12.7. The molecule has 0 radical (unpaired) electrons. The summed E-state index contributed by atoms with van der Waals surface area (Å²) in [4.78, 5) is 4.12. The summed E-state index contributed by atoms with van der Waals surface area (Å²) in [5, 5.41) is 0. The van der Waals surface area contributed by atoms with Gasteiger partial charge in [0.1, 0.15) is 24.3 Å². The number of imidazole rings is 1. The topological polar surface area (TPSA) is 45.5 Å². The molecule has 5 nitrogen and oxygen atoms in total. The molecule has 30 heavy (non-hydrogen) atoms. The van der Waals surface area contributed by atoms with Crippen LogP contribution in [0.3, 0.4) is 0 Å². The molecule has 0 spiro atoms. The molecule has 1 aliphatic rings. The molecule has 1 aromatic heterocycles. The number of hydrogen-bond acceptors (Lipinski definition) is 4. The molecule has 0 bridgehead atoms. The molecule has 2 aromatic carbocycles. The second kappa shape index (κ2) is 8.98. The molecule has 0 amide bonds. The average molecular weight is 410 g/mol. The monoisotopic (exact) mass is 410 g/mol. The van der Waals surface area contributed by atoms with Crippen molar-refractivity contribution in [2.45, 2.75) is 45.1 Å². The third-order valence-corrected chi connectivity index (χ3v) is 5.36. The molecule has 6 heteroatoms. The first-order chi connectivity index (χ1) is 14.5. The fourth-order valence-electron chi connectivity index (χ4n) is 3.78. The minimum Gasteiger partial charge on any atom is -0.491 e. The summed E-state index contributed by atoms with van der Waals surface area (Å²) < 4.78 is 33.7. The first kappa shape index (κ1) is 20.6. The molecule has 2 unspecified atom stereocenters. The Morgan fingerprint density at radius 2 is 2.03 bits per heavy atom. The number of ether oxygens (including phenoxy) is 3. The van der Waals surface area contributed by atoms with Gasteiger partial charge in [-0.05, 0) is 49.6 Å². The highest BCUT2D eigenvalue weighted by atomic mass is 19.1. The van der Waals surface area contributed by atoms with Crippen LogP contribution in [0.1, 0.15) is 23.1 Å². The van der Waals surface area contributed by atoms with Gasteiger partial charge in [-0.3, -0.25) is 0 Å². The summed E-state index contributed by atoms with van der Waals surface area (Å²) in [5.74, 6) is -0.141. The molecule has 1 fully saturated rings. The second-order valence-corrected chi connectivity index (χ2v) is 7.90. The number of aryl methyl sites for hydroxylation is 3. The van der Waals surface area contributed by atoms with Gasteiger partial charge < -0.3 is 18.8 Å². The normalized spacial score (nSPS) is 21.1. The van der Waals surface area contributed by atoms with E-state index in [1.807, 2.05) is 29.8 Å². The molecular formula is C24H27FN2O3. The summed E-state index contributed by atoms with van der Waals surface area (Å²) in [6.07, 6.45) is 6.60. The molecule has 2 heterocycles. The highest BCUT2D eigenvalue weighted by molar-refractivity contribution is 5.35. The zero-order valence-electron chi connectivity index (χ0n) is 17.4. The van der Waals surface area contributed by atoms with E-state index in [4.69, 9.17) is 14.2 Å². The van der Waals surface area contributed by atoms with Crippen molar-refractivity contribution in [3.63, 3.8) is 0 Å². The summed E-state index contributed by atoms with van der Waals surface area (Å²) in [7, 11) is 0. The number of aromatic nitrogens is 2. The lowest BCUT2D eigenvalue weighted by molar-refractivity contribution is -0.184. The van der Waals surface area contributed by atoms with Crippen molar-refractivity contribution in [2.24, 2.45) is 0 Å². The van der Waals surface area contributed by atoms with E-state index in [-0.39, 0.29) is 11.9 Å². The van der Waals surface area contributed by atoms with Crippen LogP contribution in [0.4, 0.5) is 4.39 Å². The number of benzene rings is 2. The van der Waals surface area contributed by atoms with Crippen LogP contribution in [0.25, 0.3) is 0 Å². The van der Waals surface area contributed by atoms with Crippen LogP contribution in [0.5, 0.6) is 5.75 Å². The van der Waals surface area contributed by atoms with Crippen molar-refractivity contribution < 1.29 is 18.6 Å². The molecule has 1 aliphatic heterocycles. The molecule has 4 rings (SSSR count). The van der Waals surface area contributed by atoms with Crippen LogP contribution in [0.2, 0.25) is 0 Å². The zero-order valence-corrected chi connectivity index (χ0v) is 17.4. The third kappa shape index (κ3) is 5.07. The van der Waals surface area contributed by atoms with Crippen LogP contribution in [0.15, 0.2) is 61.2 Å². The van der Waals surface area contributed by atoms with E-state index >= 15 is 0 Å². The van der Waals surface area contributed by atoms with Crippen molar-refractivity contribution in [1.82, 2.24) is 9.55 Å². The van der Waals surface area contributed by atoms with Crippen molar-refractivity contribution >= 4 is 0 Å². The van der Waals surface area contributed by atoms with Crippen LogP contribution in [-0.4, -0.2) is 34.7 Å². The predicted molar refractivity (Wildman–Crippen MR) is 112 cm³/mol. The maximum absolute atomic E-state index is 13.2. The standard InChI is InChI=1S/C24H27FN2O3/c1-18-3-8-23(19(2)13-18)28-14-22-15-29-24(30-22,16-27-12-11-26-17-27)10-9-20-4-6-21(25)7-5-20/h3-8,11-13,17,22H,9-10,14-16H2,1-2H3. The summed E-state index contributed by atoms with van der Waals surface area (Å²) in [5.41, 5.74) is 3.36. The first-order valence-corrected chi connectivity index (χ1v) is 10.2. The van der Waals surface area contributed by atoms with Crippen molar-refractivity contribution in [3.05, 3.63) is 83.7 Å². The Hall–Kier alpha value is -2.70. The minimum atomic E-state index is -0.772. The first-order valence-electron chi connectivity index (χ1n) is 10.2. The van der Waals surface area contributed by atoms with Gasteiger partial charge in [-0.1, -0.05) is 29.8 Å². The molecule has 2 atom stereocenters. The van der Waals surface area contributed by atoms with Crippen LogP contribution in [0, 0.1) is 19.7 Å². The van der Waals surface area contributed by atoms with Gasteiger partial charge in [-0.25, -0.2) is 9.37 Å². The zero-order chi connectivity index (χ0) is 21.0. The van der Waals surface area contributed by atoms with E-state index in [2.05, 4.69) is 18.0 Å².